The van der Waals surface area contributed by atoms with Crippen molar-refractivity contribution in [2.24, 2.45) is 28.6 Å². The number of rotatable bonds is 11. The molecule has 2 unspecified atom stereocenters. The van der Waals surface area contributed by atoms with E-state index in [0.29, 0.717) is 17.8 Å². The van der Waals surface area contributed by atoms with E-state index in [4.69, 9.17) is 18.3 Å². The molecule has 0 heterocycles. The summed E-state index contributed by atoms with van der Waals surface area (Å²) in [6.45, 7) is 35.3. The minimum atomic E-state index is -2.04. The Labute approximate surface area is 291 Å². The molecule has 4 rings (SSSR count). The predicted molar refractivity (Wildman–Crippen MR) is 201 cm³/mol. The van der Waals surface area contributed by atoms with Crippen molar-refractivity contribution >= 4 is 22.6 Å². The Hall–Kier alpha value is -0.736. The first-order valence-corrected chi connectivity index (χ1v) is 24.9. The lowest BCUT2D eigenvalue weighted by atomic mass is 9.49. The molecule has 0 amide bonds. The van der Waals surface area contributed by atoms with Crippen LogP contribution in [0.4, 0.5) is 0 Å². The Kier molecular flexibility index (Phi) is 11.4. The van der Waals surface area contributed by atoms with Gasteiger partial charge in [-0.05, 0) is 118 Å². The third-order valence-electron chi connectivity index (χ3n) is 14.4. The smallest absolute Gasteiger partial charge is 0.332 e. The number of fused-ring (bicyclic) bond motifs is 5. The molecule has 47 heavy (non-hydrogen) atoms. The molecule has 0 saturated heterocycles. The van der Waals surface area contributed by atoms with Gasteiger partial charge < -0.3 is 18.3 Å². The summed E-state index contributed by atoms with van der Waals surface area (Å²) in [7, 11) is -3.98. The van der Waals surface area contributed by atoms with E-state index in [1.54, 1.807) is 11.1 Å². The molecule has 3 saturated carbocycles. The van der Waals surface area contributed by atoms with E-state index in [-0.39, 0.29) is 57.9 Å². The molecule has 0 aliphatic heterocycles. The Balaban J connectivity index is 1.61. The van der Waals surface area contributed by atoms with Crippen molar-refractivity contribution in [1.29, 1.82) is 0 Å². The van der Waals surface area contributed by atoms with Crippen molar-refractivity contribution in [1.82, 2.24) is 0 Å². The van der Waals surface area contributed by atoms with Gasteiger partial charge in [-0.3, -0.25) is 0 Å². The van der Waals surface area contributed by atoms with E-state index < -0.39 is 16.6 Å². The largest absolute Gasteiger partial charge is 0.461 e. The van der Waals surface area contributed by atoms with Gasteiger partial charge in [0.25, 0.3) is 0 Å². The van der Waals surface area contributed by atoms with Crippen LogP contribution >= 0.6 is 0 Å². The minimum Gasteiger partial charge on any atom is -0.461 e. The van der Waals surface area contributed by atoms with E-state index in [9.17, 15) is 4.79 Å². The summed E-state index contributed by atoms with van der Waals surface area (Å²) in [5.41, 5.74) is 3.35. The van der Waals surface area contributed by atoms with Crippen molar-refractivity contribution in [3.05, 3.63) is 23.3 Å². The fourth-order valence-corrected chi connectivity index (χ4v) is 12.0. The normalized spacial score (nSPS) is 33.8. The van der Waals surface area contributed by atoms with E-state index in [1.807, 2.05) is 0 Å². The van der Waals surface area contributed by atoms with Crippen LogP contribution in [0.15, 0.2) is 23.3 Å². The van der Waals surface area contributed by atoms with Crippen LogP contribution in [0.25, 0.3) is 0 Å². The van der Waals surface area contributed by atoms with Gasteiger partial charge in [0.15, 0.2) is 16.6 Å². The highest BCUT2D eigenvalue weighted by Gasteiger charge is 2.61. The van der Waals surface area contributed by atoms with E-state index >= 15 is 0 Å². The maximum atomic E-state index is 12.6. The van der Waals surface area contributed by atoms with Gasteiger partial charge in [-0.25, -0.2) is 4.79 Å². The van der Waals surface area contributed by atoms with E-state index in [0.717, 1.165) is 32.1 Å². The molecule has 4 aliphatic rings. The lowest BCUT2D eigenvalue weighted by Crippen LogP contribution is -2.58. The zero-order valence-corrected chi connectivity index (χ0v) is 35.1. The van der Waals surface area contributed by atoms with Crippen molar-refractivity contribution in [3.63, 3.8) is 0 Å². The first-order valence-electron chi connectivity index (χ1n) is 19.1. The number of hydrogen-bond acceptors (Lipinski definition) is 5. The molecule has 4 aliphatic carbocycles. The number of allylic oxidation sites excluding steroid dienone is 3. The van der Waals surface area contributed by atoms with Gasteiger partial charge in [-0.2, -0.15) is 0 Å². The summed E-state index contributed by atoms with van der Waals surface area (Å²) in [5.74, 6) is 1.24. The van der Waals surface area contributed by atoms with Crippen LogP contribution in [0.1, 0.15) is 128 Å². The lowest BCUT2D eigenvalue weighted by molar-refractivity contribution is -0.158. The summed E-state index contributed by atoms with van der Waals surface area (Å²) in [6.07, 6.45) is 13.8. The molecule has 270 valence electrons. The van der Waals surface area contributed by atoms with Crippen LogP contribution in [0.5, 0.6) is 0 Å². The molecule has 0 aromatic rings. The average Bonchev–Trinajstić information content (AvgIpc) is 3.31. The number of carbonyl (C=O) groups excluding carboxylic acids is 1. The third kappa shape index (κ3) is 7.50. The number of carbonyl (C=O) groups is 1. The standard InChI is InChI=1S/C40H72O5Si2/c1-16-29(17-2)43-36(41)26-42-27(3)32-20-21-33-31-19-18-28-24-30(44-46(12,13)37(4,5)6)25-35(45-47(14,15)38(7,8)9)40(28,11)34(31)22-23-39(32,33)10/h18-19,27,29-30,32-35H,16-17,20-26H2,1-15H3/t27-,30+,32+,33?,34?,35-,39+,40-/m0/s1. The van der Waals surface area contributed by atoms with Crippen LogP contribution in [0.3, 0.4) is 0 Å². The highest BCUT2D eigenvalue weighted by Crippen LogP contribution is 2.66. The number of esters is 1. The Morgan fingerprint density at radius 1 is 0.894 bits per heavy atom. The van der Waals surface area contributed by atoms with E-state index in [2.05, 4.69) is 115 Å². The Morgan fingerprint density at radius 2 is 1.49 bits per heavy atom. The van der Waals surface area contributed by atoms with E-state index in [1.165, 1.54) is 19.3 Å². The quantitative estimate of drug-likeness (QED) is 0.160. The summed E-state index contributed by atoms with van der Waals surface area (Å²) in [5, 5.41) is 0.327. The van der Waals surface area contributed by atoms with Crippen molar-refractivity contribution in [3.8, 4) is 0 Å². The second kappa shape index (κ2) is 13.8. The van der Waals surface area contributed by atoms with Crippen molar-refractivity contribution in [2.45, 2.75) is 188 Å². The molecule has 0 bridgehead atoms. The van der Waals surface area contributed by atoms with Crippen LogP contribution in [0.2, 0.25) is 36.3 Å². The number of ether oxygens (including phenoxy) is 2. The van der Waals surface area contributed by atoms with Crippen LogP contribution in [-0.2, 0) is 23.1 Å². The SMILES string of the molecule is CCC(CC)OC(=O)CO[C@@H](C)[C@H]1CCC2C3=CC=C4C[C@@H](O[Si](C)(C)C(C)(C)C)C[C@H](O[Si](C)(C)C(C)(C)C)[C@]4(C)C3CC[C@@]21C. The summed E-state index contributed by atoms with van der Waals surface area (Å²) >= 11 is 0. The van der Waals surface area contributed by atoms with Gasteiger partial charge >= 0.3 is 5.97 Å². The molecule has 0 N–H and O–H groups in total. The molecule has 0 spiro atoms. The molecule has 3 fully saturated rings. The molecule has 0 radical (unpaired) electrons. The first kappa shape index (κ1) is 39.1. The van der Waals surface area contributed by atoms with Crippen LogP contribution in [0, 0.1) is 28.6 Å². The van der Waals surface area contributed by atoms with Gasteiger partial charge in [-0.1, -0.05) is 92.5 Å². The maximum absolute atomic E-state index is 12.6. The number of hydrogen-bond donors (Lipinski definition) is 0. The summed E-state index contributed by atoms with van der Waals surface area (Å²) in [4.78, 5) is 12.6. The van der Waals surface area contributed by atoms with Crippen molar-refractivity contribution < 1.29 is 23.1 Å². The molecule has 5 nitrogen and oxygen atoms in total. The Morgan fingerprint density at radius 3 is 2.06 bits per heavy atom. The molecular weight excluding hydrogens is 617 g/mol. The van der Waals surface area contributed by atoms with Gasteiger partial charge in [0.1, 0.15) is 12.7 Å². The highest BCUT2D eigenvalue weighted by molar-refractivity contribution is 6.74. The van der Waals surface area contributed by atoms with Gasteiger partial charge in [0.05, 0.1) is 18.3 Å². The monoisotopic (exact) mass is 688 g/mol. The predicted octanol–water partition coefficient (Wildman–Crippen LogP) is 11.0. The first-order chi connectivity index (χ1) is 21.5. The maximum Gasteiger partial charge on any atom is 0.332 e. The lowest BCUT2D eigenvalue weighted by Gasteiger charge is -2.59. The van der Waals surface area contributed by atoms with Gasteiger partial charge in [0.2, 0.25) is 0 Å². The molecular formula is C40H72O5Si2. The second-order valence-electron chi connectivity index (χ2n) is 19.2. The molecule has 7 heteroatoms. The Bertz CT molecular complexity index is 1190. The van der Waals surface area contributed by atoms with Crippen LogP contribution < -0.4 is 0 Å². The highest BCUT2D eigenvalue weighted by atomic mass is 28.4. The summed E-state index contributed by atoms with van der Waals surface area (Å²) < 4.78 is 26.6. The molecule has 0 aromatic heterocycles. The fourth-order valence-electron chi connectivity index (χ4n) is 9.19. The van der Waals surface area contributed by atoms with Crippen LogP contribution in [-0.4, -0.2) is 53.6 Å². The van der Waals surface area contributed by atoms with Gasteiger partial charge in [-0.15, -0.1) is 0 Å². The van der Waals surface area contributed by atoms with Crippen molar-refractivity contribution in [2.75, 3.05) is 6.61 Å². The van der Waals surface area contributed by atoms with Gasteiger partial charge in [0, 0.05) is 5.41 Å². The zero-order chi connectivity index (χ0) is 35.4. The fraction of sp³-hybridized carbons (Fsp3) is 0.875. The average molecular weight is 689 g/mol. The second-order valence-corrected chi connectivity index (χ2v) is 28.7. The molecule has 8 atom stereocenters. The third-order valence-corrected chi connectivity index (χ3v) is 23.4. The minimum absolute atomic E-state index is 0.0132. The summed E-state index contributed by atoms with van der Waals surface area (Å²) in [6, 6.07) is 0. The zero-order valence-electron chi connectivity index (χ0n) is 33.1. The molecule has 0 aromatic carbocycles. The topological polar surface area (TPSA) is 54.0 Å².